The third-order valence-corrected chi connectivity index (χ3v) is 6.57. The van der Waals surface area contributed by atoms with E-state index in [-0.39, 0.29) is 0 Å². The summed E-state index contributed by atoms with van der Waals surface area (Å²) in [5.74, 6) is 0. The first kappa shape index (κ1) is 16.0. The van der Waals surface area contributed by atoms with Crippen molar-refractivity contribution in [2.24, 2.45) is 0 Å². The van der Waals surface area contributed by atoms with Crippen molar-refractivity contribution in [2.45, 2.75) is 5.60 Å². The van der Waals surface area contributed by atoms with E-state index in [1.54, 1.807) is 11.3 Å². The molecule has 0 saturated heterocycles. The van der Waals surface area contributed by atoms with Crippen LogP contribution in [0, 0.1) is 0 Å². The van der Waals surface area contributed by atoms with Crippen LogP contribution in [0.3, 0.4) is 0 Å². The molecule has 1 heterocycles. The van der Waals surface area contributed by atoms with Crippen molar-refractivity contribution in [1.29, 1.82) is 0 Å². The molecule has 1 aromatic heterocycles. The summed E-state index contributed by atoms with van der Waals surface area (Å²) in [6.45, 7) is 0. The summed E-state index contributed by atoms with van der Waals surface area (Å²) in [6, 6.07) is 26.7. The summed E-state index contributed by atoms with van der Waals surface area (Å²) in [7, 11) is 0. The highest BCUT2D eigenvalue weighted by molar-refractivity contribution is 9.10. The zero-order chi connectivity index (χ0) is 17.7. The molecule has 26 heavy (non-hydrogen) atoms. The largest absolute Gasteiger partial charge is 0.375 e. The minimum atomic E-state index is -1.14. The molecule has 1 unspecified atom stereocenters. The van der Waals surface area contributed by atoms with E-state index in [1.807, 2.05) is 48.5 Å². The Morgan fingerprint density at radius 2 is 1.46 bits per heavy atom. The second-order valence-electron chi connectivity index (χ2n) is 6.48. The molecule has 3 heteroatoms. The van der Waals surface area contributed by atoms with E-state index >= 15 is 0 Å². The number of aliphatic hydroxyl groups is 1. The van der Waals surface area contributed by atoms with E-state index in [4.69, 9.17) is 0 Å². The fourth-order valence-electron chi connectivity index (χ4n) is 3.91. The molecule has 0 radical (unpaired) electrons. The van der Waals surface area contributed by atoms with E-state index in [1.165, 1.54) is 0 Å². The molecule has 126 valence electrons. The van der Waals surface area contributed by atoms with Gasteiger partial charge in [-0.25, -0.2) is 0 Å². The summed E-state index contributed by atoms with van der Waals surface area (Å²) in [4.78, 5) is 0.966. The van der Waals surface area contributed by atoms with Gasteiger partial charge in [0.05, 0.1) is 4.88 Å². The molecule has 3 aromatic carbocycles. The zero-order valence-electron chi connectivity index (χ0n) is 13.8. The van der Waals surface area contributed by atoms with Gasteiger partial charge in [-0.2, -0.15) is 0 Å². The molecule has 1 N–H and O–H groups in total. The Kier molecular flexibility index (Phi) is 3.64. The summed E-state index contributed by atoms with van der Waals surface area (Å²) in [6.07, 6.45) is 0. The van der Waals surface area contributed by atoms with Crippen LogP contribution >= 0.6 is 27.3 Å². The minimum absolute atomic E-state index is 0.938. The van der Waals surface area contributed by atoms with Gasteiger partial charge >= 0.3 is 0 Å². The first-order valence-electron chi connectivity index (χ1n) is 8.45. The molecule has 4 aromatic rings. The first-order valence-corrected chi connectivity index (χ1v) is 10.1. The molecule has 0 aliphatic heterocycles. The minimum Gasteiger partial charge on any atom is -0.375 e. The van der Waals surface area contributed by atoms with Gasteiger partial charge in [0, 0.05) is 15.6 Å². The normalized spacial score (nSPS) is 17.8. The van der Waals surface area contributed by atoms with Crippen LogP contribution in [-0.4, -0.2) is 5.11 Å². The van der Waals surface area contributed by atoms with Crippen LogP contribution in [0.4, 0.5) is 0 Å². The molecule has 0 amide bonds. The monoisotopic (exact) mass is 418 g/mol. The van der Waals surface area contributed by atoms with Gasteiger partial charge < -0.3 is 5.11 Å². The second kappa shape index (κ2) is 5.92. The lowest BCUT2D eigenvalue weighted by Crippen LogP contribution is -2.25. The molecule has 0 fully saturated rings. The predicted octanol–water partition coefficient (Wildman–Crippen LogP) is 6.44. The number of fused-ring (bicyclic) bond motifs is 3. The summed E-state index contributed by atoms with van der Waals surface area (Å²) in [5, 5.41) is 14.2. The Morgan fingerprint density at radius 3 is 2.31 bits per heavy atom. The molecule has 5 rings (SSSR count). The Bertz CT molecular complexity index is 1120. The summed E-state index contributed by atoms with van der Waals surface area (Å²) in [5.41, 5.74) is 5.15. The van der Waals surface area contributed by atoms with Gasteiger partial charge in [0.2, 0.25) is 0 Å². The van der Waals surface area contributed by atoms with E-state index in [0.29, 0.717) is 0 Å². The van der Waals surface area contributed by atoms with Gasteiger partial charge in [-0.15, -0.1) is 11.3 Å². The van der Waals surface area contributed by atoms with Crippen LogP contribution in [-0.2, 0) is 5.60 Å². The van der Waals surface area contributed by atoms with E-state index < -0.39 is 5.60 Å². The fraction of sp³-hybridized carbons (Fsp3) is 0.0435. The molecule has 1 aliphatic carbocycles. The maximum atomic E-state index is 12.1. The number of halogens is 1. The zero-order valence-corrected chi connectivity index (χ0v) is 16.2. The van der Waals surface area contributed by atoms with Crippen molar-refractivity contribution in [1.82, 2.24) is 0 Å². The molecule has 0 spiro atoms. The number of thiophene rings is 1. The second-order valence-corrected chi connectivity index (χ2v) is 8.31. The molecule has 1 atom stereocenters. The third-order valence-electron chi connectivity index (χ3n) is 5.06. The predicted molar refractivity (Wildman–Crippen MR) is 111 cm³/mol. The maximum absolute atomic E-state index is 12.1. The summed E-state index contributed by atoms with van der Waals surface area (Å²) >= 11 is 5.19. The third kappa shape index (κ3) is 2.18. The highest BCUT2D eigenvalue weighted by Gasteiger charge is 2.45. The smallest absolute Gasteiger partial charge is 0.151 e. The van der Waals surface area contributed by atoms with Gasteiger partial charge in [0.15, 0.2) is 5.60 Å². The lowest BCUT2D eigenvalue weighted by atomic mass is 9.86. The molecule has 0 saturated carbocycles. The van der Waals surface area contributed by atoms with Crippen LogP contribution < -0.4 is 0 Å². The maximum Gasteiger partial charge on any atom is 0.151 e. The van der Waals surface area contributed by atoms with Gasteiger partial charge in [0.1, 0.15) is 0 Å². The van der Waals surface area contributed by atoms with Gasteiger partial charge in [-0.3, -0.25) is 0 Å². The average molecular weight is 419 g/mol. The van der Waals surface area contributed by atoms with Gasteiger partial charge in [-0.1, -0.05) is 76.6 Å². The number of hydrogen-bond acceptors (Lipinski definition) is 2. The highest BCUT2D eigenvalue weighted by Crippen LogP contribution is 2.54. The Morgan fingerprint density at radius 1 is 0.731 bits per heavy atom. The Hall–Kier alpha value is -2.20. The molecule has 1 aliphatic rings. The van der Waals surface area contributed by atoms with E-state index in [2.05, 4.69) is 51.6 Å². The topological polar surface area (TPSA) is 20.2 Å². The highest BCUT2D eigenvalue weighted by atomic mass is 79.9. The standard InChI is InChI=1S/C23H15BrOS/c24-16-10-11-19-18-8-4-5-9-20(18)23(25,21(19)14-16)22-17(12-13-26-22)15-6-2-1-3-7-15/h1-14,25H. The molecule has 0 bridgehead atoms. The molecule has 1 nitrogen and oxygen atoms in total. The van der Waals surface area contributed by atoms with Crippen LogP contribution in [0.1, 0.15) is 16.0 Å². The lowest BCUT2D eigenvalue weighted by Gasteiger charge is -2.26. The van der Waals surface area contributed by atoms with Crippen molar-refractivity contribution in [3.63, 3.8) is 0 Å². The number of hydrogen-bond donors (Lipinski definition) is 1. The van der Waals surface area contributed by atoms with Crippen molar-refractivity contribution in [3.8, 4) is 22.3 Å². The van der Waals surface area contributed by atoms with Crippen LogP contribution in [0.15, 0.2) is 88.7 Å². The Balaban J connectivity index is 1.83. The number of rotatable bonds is 2. The van der Waals surface area contributed by atoms with Crippen molar-refractivity contribution in [3.05, 3.63) is 105 Å². The van der Waals surface area contributed by atoms with Gasteiger partial charge in [-0.05, 0) is 45.8 Å². The molecular weight excluding hydrogens is 404 g/mol. The van der Waals surface area contributed by atoms with Gasteiger partial charge in [0.25, 0.3) is 0 Å². The van der Waals surface area contributed by atoms with Crippen molar-refractivity contribution >= 4 is 27.3 Å². The first-order chi connectivity index (χ1) is 12.7. The SMILES string of the molecule is OC1(c2sccc2-c2ccccc2)c2ccccc2-c2ccc(Br)cc21. The summed E-state index contributed by atoms with van der Waals surface area (Å²) < 4.78 is 0.972. The van der Waals surface area contributed by atoms with Crippen molar-refractivity contribution in [2.75, 3.05) is 0 Å². The quantitative estimate of drug-likeness (QED) is 0.396. The van der Waals surface area contributed by atoms with Crippen LogP contribution in [0.5, 0.6) is 0 Å². The number of benzene rings is 3. The fourth-order valence-corrected chi connectivity index (χ4v) is 5.31. The molecular formula is C23H15BrOS. The average Bonchev–Trinajstić information content (AvgIpc) is 3.26. The van der Waals surface area contributed by atoms with Crippen molar-refractivity contribution < 1.29 is 5.11 Å². The van der Waals surface area contributed by atoms with Crippen LogP contribution in [0.2, 0.25) is 0 Å². The lowest BCUT2D eigenvalue weighted by molar-refractivity contribution is 0.135. The van der Waals surface area contributed by atoms with Crippen LogP contribution in [0.25, 0.3) is 22.3 Å². The Labute approximate surface area is 164 Å². The van der Waals surface area contributed by atoms with E-state index in [0.717, 1.165) is 42.7 Å². The van der Waals surface area contributed by atoms with E-state index in [9.17, 15) is 5.11 Å².